The zero-order valence-electron chi connectivity index (χ0n) is 16.9. The van der Waals surface area contributed by atoms with Gasteiger partial charge in [0.05, 0.1) is 34.3 Å². The van der Waals surface area contributed by atoms with E-state index in [-0.39, 0.29) is 47.9 Å². The summed E-state index contributed by atoms with van der Waals surface area (Å²) in [5.41, 5.74) is -0.488. The molecule has 0 aliphatic carbocycles. The van der Waals surface area contributed by atoms with Gasteiger partial charge in [0.25, 0.3) is 5.69 Å². The lowest BCUT2D eigenvalue weighted by Gasteiger charge is -2.31. The Kier molecular flexibility index (Phi) is 8.07. The standard InChI is InChI=1S/C20H24N2O8/c1-4-28-19(25)16-15(12-9-7-8-10-14(12)22(26)27)13(18(23)24)11-21-17(16)20(29-5-2)30-6-3/h7-11,15,20-21H,4-6H2,1-3H3,(H,23,24). The smallest absolute Gasteiger partial charge is 0.336 e. The molecular weight excluding hydrogens is 396 g/mol. The van der Waals surface area contributed by atoms with Gasteiger partial charge in [-0.15, -0.1) is 0 Å². The Morgan fingerprint density at radius 1 is 1.17 bits per heavy atom. The first-order valence-electron chi connectivity index (χ1n) is 9.44. The topological polar surface area (TPSA) is 137 Å². The maximum Gasteiger partial charge on any atom is 0.336 e. The largest absolute Gasteiger partial charge is 0.478 e. The molecule has 10 nitrogen and oxygen atoms in total. The molecule has 1 aromatic rings. The summed E-state index contributed by atoms with van der Waals surface area (Å²) in [6, 6.07) is 5.67. The molecular formula is C20H24N2O8. The molecule has 0 amide bonds. The van der Waals surface area contributed by atoms with Gasteiger partial charge in [-0.25, -0.2) is 9.59 Å². The van der Waals surface area contributed by atoms with Crippen LogP contribution in [0.15, 0.2) is 47.3 Å². The van der Waals surface area contributed by atoms with Crippen LogP contribution in [-0.2, 0) is 23.8 Å². The van der Waals surface area contributed by atoms with Crippen molar-refractivity contribution >= 4 is 17.6 Å². The summed E-state index contributed by atoms with van der Waals surface area (Å²) in [5, 5.41) is 24.1. The maximum absolute atomic E-state index is 12.9. The van der Waals surface area contributed by atoms with Crippen LogP contribution in [0.4, 0.5) is 5.69 Å². The number of nitro groups is 1. The van der Waals surface area contributed by atoms with Crippen molar-refractivity contribution < 1.29 is 33.8 Å². The quantitative estimate of drug-likeness (QED) is 0.253. The molecule has 0 saturated heterocycles. The van der Waals surface area contributed by atoms with Gasteiger partial charge < -0.3 is 24.6 Å². The van der Waals surface area contributed by atoms with Gasteiger partial charge >= 0.3 is 11.9 Å². The highest BCUT2D eigenvalue weighted by Crippen LogP contribution is 2.41. The highest BCUT2D eigenvalue weighted by Gasteiger charge is 2.41. The van der Waals surface area contributed by atoms with E-state index in [9.17, 15) is 24.8 Å². The van der Waals surface area contributed by atoms with Crippen LogP contribution in [0.25, 0.3) is 0 Å². The molecule has 0 spiro atoms. The van der Waals surface area contributed by atoms with Gasteiger partial charge in [-0.3, -0.25) is 10.1 Å². The highest BCUT2D eigenvalue weighted by molar-refractivity contribution is 5.99. The van der Waals surface area contributed by atoms with E-state index in [1.807, 2.05) is 0 Å². The summed E-state index contributed by atoms with van der Waals surface area (Å²) in [6.45, 7) is 5.59. The predicted molar refractivity (Wildman–Crippen MR) is 105 cm³/mol. The molecule has 0 saturated carbocycles. The van der Waals surface area contributed by atoms with E-state index in [0.29, 0.717) is 0 Å². The number of para-hydroxylation sites is 1. The number of dihydropyridines is 1. The minimum atomic E-state index is -1.34. The highest BCUT2D eigenvalue weighted by atomic mass is 16.7. The number of nitrogens with zero attached hydrogens (tertiary/aromatic N) is 1. The first kappa shape index (κ1) is 23.0. The van der Waals surface area contributed by atoms with Crippen LogP contribution in [-0.4, -0.2) is 48.1 Å². The van der Waals surface area contributed by atoms with Gasteiger partial charge in [-0.2, -0.15) is 0 Å². The first-order chi connectivity index (χ1) is 14.4. The SMILES string of the molecule is CCOC(=O)C1=C(C(OCC)OCC)NC=C(C(=O)O)C1c1ccccc1[N+](=O)[O-]. The number of hydrogen-bond donors (Lipinski definition) is 2. The Hall–Kier alpha value is -3.24. The van der Waals surface area contributed by atoms with Gasteiger partial charge in [0.1, 0.15) is 0 Å². The number of hydrogen-bond acceptors (Lipinski definition) is 8. The number of carboxylic acid groups (broad SMARTS) is 1. The number of ether oxygens (including phenoxy) is 3. The van der Waals surface area contributed by atoms with Crippen LogP contribution in [0.3, 0.4) is 0 Å². The van der Waals surface area contributed by atoms with Crippen molar-refractivity contribution in [2.75, 3.05) is 19.8 Å². The van der Waals surface area contributed by atoms with E-state index in [2.05, 4.69) is 5.32 Å². The number of rotatable bonds is 10. The zero-order valence-corrected chi connectivity index (χ0v) is 16.9. The monoisotopic (exact) mass is 420 g/mol. The lowest BCUT2D eigenvalue weighted by molar-refractivity contribution is -0.385. The first-order valence-corrected chi connectivity index (χ1v) is 9.44. The van der Waals surface area contributed by atoms with Gasteiger partial charge in [0.2, 0.25) is 0 Å². The minimum Gasteiger partial charge on any atom is -0.478 e. The van der Waals surface area contributed by atoms with Crippen molar-refractivity contribution in [2.45, 2.75) is 33.0 Å². The molecule has 1 heterocycles. The van der Waals surface area contributed by atoms with E-state index in [1.165, 1.54) is 30.5 Å². The average molecular weight is 420 g/mol. The molecule has 2 rings (SSSR count). The third-order valence-electron chi connectivity index (χ3n) is 4.33. The number of carbonyl (C=O) groups is 2. The lowest BCUT2D eigenvalue weighted by atomic mass is 9.81. The van der Waals surface area contributed by atoms with Gasteiger partial charge in [0.15, 0.2) is 6.29 Å². The van der Waals surface area contributed by atoms with E-state index in [1.54, 1.807) is 20.8 Å². The normalized spacial score (nSPS) is 16.1. The molecule has 0 bridgehead atoms. The van der Waals surface area contributed by atoms with Gasteiger partial charge in [-0.05, 0) is 20.8 Å². The molecule has 30 heavy (non-hydrogen) atoms. The van der Waals surface area contributed by atoms with E-state index >= 15 is 0 Å². The molecule has 1 aromatic carbocycles. The third kappa shape index (κ3) is 4.84. The van der Waals surface area contributed by atoms with Gasteiger partial charge in [-0.1, -0.05) is 18.2 Å². The maximum atomic E-state index is 12.9. The molecule has 1 atom stereocenters. The molecule has 2 N–H and O–H groups in total. The number of benzene rings is 1. The van der Waals surface area contributed by atoms with Crippen LogP contribution in [0.1, 0.15) is 32.3 Å². The fraction of sp³-hybridized carbons (Fsp3) is 0.400. The second-order valence-corrected chi connectivity index (χ2v) is 6.09. The van der Waals surface area contributed by atoms with Crippen LogP contribution in [0, 0.1) is 10.1 Å². The molecule has 0 aromatic heterocycles. The Labute approximate surface area is 173 Å². The van der Waals surface area contributed by atoms with E-state index in [0.717, 1.165) is 0 Å². The summed E-state index contributed by atoms with van der Waals surface area (Å²) in [6.07, 6.45) is 0.170. The number of nitro benzene ring substituents is 1. The van der Waals surface area contributed by atoms with Crippen LogP contribution >= 0.6 is 0 Å². The molecule has 0 radical (unpaired) electrons. The molecule has 162 valence electrons. The Morgan fingerprint density at radius 2 is 1.80 bits per heavy atom. The summed E-state index contributed by atoms with van der Waals surface area (Å²) >= 11 is 0. The van der Waals surface area contributed by atoms with Crippen molar-refractivity contribution in [3.63, 3.8) is 0 Å². The molecule has 1 unspecified atom stereocenters. The van der Waals surface area contributed by atoms with Crippen molar-refractivity contribution in [3.05, 3.63) is 63.0 Å². The second kappa shape index (κ2) is 10.5. The Bertz CT molecular complexity index is 871. The van der Waals surface area contributed by atoms with Crippen LogP contribution in [0.5, 0.6) is 0 Å². The average Bonchev–Trinajstić information content (AvgIpc) is 2.72. The number of aliphatic carboxylic acids is 1. The fourth-order valence-corrected chi connectivity index (χ4v) is 3.18. The summed E-state index contributed by atoms with van der Waals surface area (Å²) in [7, 11) is 0. The molecule has 1 aliphatic rings. The van der Waals surface area contributed by atoms with Crippen molar-refractivity contribution in [1.82, 2.24) is 5.32 Å². The summed E-state index contributed by atoms with van der Waals surface area (Å²) in [5.74, 6) is -3.42. The molecule has 10 heteroatoms. The van der Waals surface area contributed by atoms with E-state index < -0.39 is 29.1 Å². The number of esters is 1. The Morgan fingerprint density at radius 3 is 2.33 bits per heavy atom. The second-order valence-electron chi connectivity index (χ2n) is 6.09. The lowest BCUT2D eigenvalue weighted by Crippen LogP contribution is -2.37. The van der Waals surface area contributed by atoms with Crippen molar-refractivity contribution in [3.8, 4) is 0 Å². The minimum absolute atomic E-state index is 0.0271. The zero-order chi connectivity index (χ0) is 22.3. The molecule has 1 aliphatic heterocycles. The fourth-order valence-electron chi connectivity index (χ4n) is 3.18. The van der Waals surface area contributed by atoms with Crippen molar-refractivity contribution in [1.29, 1.82) is 0 Å². The number of nitrogens with one attached hydrogen (secondary N) is 1. The number of carboxylic acids is 1. The van der Waals surface area contributed by atoms with Gasteiger partial charge in [0, 0.05) is 31.0 Å². The molecule has 0 fully saturated rings. The Balaban J connectivity index is 2.80. The third-order valence-corrected chi connectivity index (χ3v) is 4.33. The van der Waals surface area contributed by atoms with Crippen LogP contribution in [0.2, 0.25) is 0 Å². The summed E-state index contributed by atoms with van der Waals surface area (Å²) < 4.78 is 16.3. The summed E-state index contributed by atoms with van der Waals surface area (Å²) in [4.78, 5) is 35.9. The van der Waals surface area contributed by atoms with Crippen molar-refractivity contribution in [2.24, 2.45) is 0 Å². The predicted octanol–water partition coefficient (Wildman–Crippen LogP) is 2.47. The number of carbonyl (C=O) groups excluding carboxylic acids is 1. The van der Waals surface area contributed by atoms with E-state index in [4.69, 9.17) is 14.2 Å². The van der Waals surface area contributed by atoms with Crippen LogP contribution < -0.4 is 5.32 Å².